The van der Waals surface area contributed by atoms with Gasteiger partial charge in [0.25, 0.3) is 0 Å². The lowest BCUT2D eigenvalue weighted by atomic mass is 9.97. The summed E-state index contributed by atoms with van der Waals surface area (Å²) in [6.45, 7) is 2.21. The van der Waals surface area contributed by atoms with Crippen LogP contribution in [0, 0.1) is 17.5 Å². The van der Waals surface area contributed by atoms with Gasteiger partial charge in [-0.05, 0) is 31.2 Å². The summed E-state index contributed by atoms with van der Waals surface area (Å²) in [6, 6.07) is 4.76. The Morgan fingerprint density at radius 1 is 1.14 bits per heavy atom. The van der Waals surface area contributed by atoms with E-state index < -0.39 is 34.4 Å². The predicted octanol–water partition coefficient (Wildman–Crippen LogP) is 2.64. The van der Waals surface area contributed by atoms with Gasteiger partial charge in [0.05, 0.1) is 16.9 Å². The maximum atomic E-state index is 14.8. The average Bonchev–Trinajstić information content (AvgIpc) is 2.66. The summed E-state index contributed by atoms with van der Waals surface area (Å²) >= 11 is 0. The lowest BCUT2D eigenvalue weighted by molar-refractivity contribution is 0.0695. The molecule has 1 aromatic heterocycles. The second-order valence-electron chi connectivity index (χ2n) is 7.02. The number of aromatic nitrogens is 1. The van der Waals surface area contributed by atoms with Gasteiger partial charge in [-0.3, -0.25) is 4.79 Å². The van der Waals surface area contributed by atoms with E-state index in [1.807, 2.05) is 6.92 Å². The molecule has 9 heteroatoms. The Kier molecular flexibility index (Phi) is 4.34. The van der Waals surface area contributed by atoms with Crippen LogP contribution < -0.4 is 16.1 Å². The zero-order valence-electron chi connectivity index (χ0n) is 15.2. The highest BCUT2D eigenvalue weighted by Crippen LogP contribution is 2.32. The van der Waals surface area contributed by atoms with E-state index in [2.05, 4.69) is 0 Å². The van der Waals surface area contributed by atoms with Gasteiger partial charge in [-0.15, -0.1) is 0 Å². The van der Waals surface area contributed by atoms with Gasteiger partial charge in [-0.1, -0.05) is 0 Å². The van der Waals surface area contributed by atoms with Crippen LogP contribution in [0.1, 0.15) is 17.3 Å². The Morgan fingerprint density at radius 2 is 1.83 bits per heavy atom. The number of hydrogen-bond donors (Lipinski definition) is 2. The minimum absolute atomic E-state index is 0.0922. The molecule has 3 N–H and O–H groups in total. The number of benzene rings is 2. The summed E-state index contributed by atoms with van der Waals surface area (Å²) in [5.74, 6) is -4.04. The van der Waals surface area contributed by atoms with E-state index in [1.54, 1.807) is 4.90 Å². The highest BCUT2D eigenvalue weighted by molar-refractivity contribution is 5.94. The first-order valence-corrected chi connectivity index (χ1v) is 8.79. The lowest BCUT2D eigenvalue weighted by Gasteiger charge is -2.46. The lowest BCUT2D eigenvalue weighted by Crippen LogP contribution is -2.63. The zero-order valence-corrected chi connectivity index (χ0v) is 15.2. The summed E-state index contributed by atoms with van der Waals surface area (Å²) in [7, 11) is 0. The number of aromatic carboxylic acids is 1. The van der Waals surface area contributed by atoms with Crippen molar-refractivity contribution < 1.29 is 23.1 Å². The molecule has 4 rings (SSSR count). The van der Waals surface area contributed by atoms with E-state index in [0.29, 0.717) is 12.6 Å². The SMILES string of the molecule is CC1C(N)CN1c1cc2c(cc1F)c(=O)c(C(=O)O)cn2-c1ccc(F)cc1F. The topological polar surface area (TPSA) is 88.6 Å². The summed E-state index contributed by atoms with van der Waals surface area (Å²) in [6.07, 6.45) is 0.955. The molecule has 0 amide bonds. The third kappa shape index (κ3) is 2.94. The second-order valence-corrected chi connectivity index (χ2v) is 7.02. The number of carboxylic acid groups (broad SMARTS) is 1. The first-order chi connectivity index (χ1) is 13.7. The fourth-order valence-corrected chi connectivity index (χ4v) is 3.54. The Labute approximate surface area is 162 Å². The van der Waals surface area contributed by atoms with Crippen LogP contribution in [0.2, 0.25) is 0 Å². The van der Waals surface area contributed by atoms with Crippen molar-refractivity contribution in [3.05, 3.63) is 69.8 Å². The third-order valence-electron chi connectivity index (χ3n) is 5.30. The van der Waals surface area contributed by atoms with Crippen molar-refractivity contribution >= 4 is 22.6 Å². The van der Waals surface area contributed by atoms with Gasteiger partial charge < -0.3 is 20.3 Å². The molecule has 0 saturated carbocycles. The van der Waals surface area contributed by atoms with E-state index in [1.165, 1.54) is 6.07 Å². The second kappa shape index (κ2) is 6.63. The molecule has 2 atom stereocenters. The average molecular weight is 403 g/mol. The normalized spacial score (nSPS) is 18.7. The van der Waals surface area contributed by atoms with Crippen molar-refractivity contribution in [2.45, 2.75) is 19.0 Å². The largest absolute Gasteiger partial charge is 0.477 e. The van der Waals surface area contributed by atoms with Gasteiger partial charge in [0, 0.05) is 36.3 Å². The summed E-state index contributed by atoms with van der Waals surface area (Å²) in [5.41, 5.74) is 4.39. The first kappa shape index (κ1) is 19.0. The van der Waals surface area contributed by atoms with E-state index >= 15 is 0 Å². The summed E-state index contributed by atoms with van der Waals surface area (Å²) in [5, 5.41) is 9.12. The van der Waals surface area contributed by atoms with Crippen LogP contribution in [0.25, 0.3) is 16.6 Å². The van der Waals surface area contributed by atoms with E-state index in [4.69, 9.17) is 5.73 Å². The molecule has 1 fully saturated rings. The molecule has 1 saturated heterocycles. The number of anilines is 1. The number of hydrogen-bond acceptors (Lipinski definition) is 4. The number of nitrogens with two attached hydrogens (primary N) is 1. The van der Waals surface area contributed by atoms with Crippen LogP contribution in [0.3, 0.4) is 0 Å². The number of pyridine rings is 1. The van der Waals surface area contributed by atoms with Crippen molar-refractivity contribution in [3.63, 3.8) is 0 Å². The number of rotatable bonds is 3. The van der Waals surface area contributed by atoms with E-state index in [0.717, 1.165) is 29.0 Å². The van der Waals surface area contributed by atoms with Crippen LogP contribution in [-0.2, 0) is 0 Å². The molecule has 2 aromatic carbocycles. The number of halogens is 3. The Bertz CT molecular complexity index is 1230. The fourth-order valence-electron chi connectivity index (χ4n) is 3.54. The smallest absolute Gasteiger partial charge is 0.341 e. The molecule has 29 heavy (non-hydrogen) atoms. The van der Waals surface area contributed by atoms with E-state index in [-0.39, 0.29) is 34.4 Å². The van der Waals surface area contributed by atoms with Gasteiger partial charge in [-0.2, -0.15) is 0 Å². The predicted molar refractivity (Wildman–Crippen MR) is 101 cm³/mol. The molecule has 1 aliphatic rings. The molecule has 2 unspecified atom stereocenters. The Morgan fingerprint density at radius 3 is 2.41 bits per heavy atom. The Hall–Kier alpha value is -3.33. The number of fused-ring (bicyclic) bond motifs is 1. The number of carboxylic acids is 1. The molecule has 0 bridgehead atoms. The maximum Gasteiger partial charge on any atom is 0.341 e. The summed E-state index contributed by atoms with van der Waals surface area (Å²) in [4.78, 5) is 25.8. The van der Waals surface area contributed by atoms with E-state index in [9.17, 15) is 27.9 Å². The number of nitrogens with zero attached hydrogens (tertiary/aromatic N) is 2. The van der Waals surface area contributed by atoms with Crippen LogP contribution in [0.5, 0.6) is 0 Å². The van der Waals surface area contributed by atoms with Crippen LogP contribution >= 0.6 is 0 Å². The van der Waals surface area contributed by atoms with Crippen molar-refractivity contribution in [2.75, 3.05) is 11.4 Å². The quantitative estimate of drug-likeness (QED) is 0.702. The molecule has 150 valence electrons. The first-order valence-electron chi connectivity index (χ1n) is 8.79. The zero-order chi connectivity index (χ0) is 21.0. The highest BCUT2D eigenvalue weighted by Gasteiger charge is 2.34. The monoisotopic (exact) mass is 403 g/mol. The molecular formula is C20H16F3N3O3. The fraction of sp³-hybridized carbons (Fsp3) is 0.200. The van der Waals surface area contributed by atoms with Crippen molar-refractivity contribution in [3.8, 4) is 5.69 Å². The summed E-state index contributed by atoms with van der Waals surface area (Å²) < 4.78 is 43.7. The molecule has 1 aliphatic heterocycles. The highest BCUT2D eigenvalue weighted by atomic mass is 19.1. The minimum Gasteiger partial charge on any atom is -0.477 e. The van der Waals surface area contributed by atoms with Gasteiger partial charge in [-0.25, -0.2) is 18.0 Å². The van der Waals surface area contributed by atoms with Gasteiger partial charge >= 0.3 is 5.97 Å². The van der Waals surface area contributed by atoms with Crippen molar-refractivity contribution in [1.29, 1.82) is 0 Å². The molecular weight excluding hydrogens is 387 g/mol. The molecule has 2 heterocycles. The molecule has 0 aliphatic carbocycles. The minimum atomic E-state index is -1.54. The van der Waals surface area contributed by atoms with Crippen LogP contribution in [0.15, 0.2) is 41.3 Å². The van der Waals surface area contributed by atoms with Gasteiger partial charge in [0.1, 0.15) is 23.0 Å². The third-order valence-corrected chi connectivity index (χ3v) is 5.30. The van der Waals surface area contributed by atoms with Gasteiger partial charge in [0.15, 0.2) is 0 Å². The molecule has 0 radical (unpaired) electrons. The molecule has 6 nitrogen and oxygen atoms in total. The van der Waals surface area contributed by atoms with Crippen molar-refractivity contribution in [2.24, 2.45) is 5.73 Å². The Balaban J connectivity index is 2.06. The number of carbonyl (C=O) groups is 1. The van der Waals surface area contributed by atoms with Crippen molar-refractivity contribution in [1.82, 2.24) is 4.57 Å². The molecule has 0 spiro atoms. The standard InChI is InChI=1S/C20H16F3N3O3/c1-9-15(24)8-25(9)18-6-17-11(5-14(18)23)19(27)12(20(28)29)7-26(17)16-3-2-10(21)4-13(16)22/h2-7,9,15H,8,24H2,1H3,(H,28,29). The van der Waals surface area contributed by atoms with Crippen LogP contribution in [-0.4, -0.2) is 34.3 Å². The molecule has 3 aromatic rings. The van der Waals surface area contributed by atoms with Gasteiger partial charge in [0.2, 0.25) is 5.43 Å². The maximum absolute atomic E-state index is 14.8. The van der Waals surface area contributed by atoms with Crippen LogP contribution in [0.4, 0.5) is 18.9 Å².